The van der Waals surface area contributed by atoms with Crippen LogP contribution >= 0.6 is 0 Å². The zero-order valence-corrected chi connectivity index (χ0v) is 21.7. The van der Waals surface area contributed by atoms with Crippen molar-refractivity contribution >= 4 is 16.9 Å². The molecule has 1 aromatic heterocycles. The number of imidazole rings is 1. The van der Waals surface area contributed by atoms with Gasteiger partial charge in [0, 0.05) is 25.0 Å². The molecule has 5 nitrogen and oxygen atoms in total. The summed E-state index contributed by atoms with van der Waals surface area (Å²) in [5.41, 5.74) is 6.27. The molecule has 2 atom stereocenters. The van der Waals surface area contributed by atoms with Crippen molar-refractivity contribution in [1.29, 1.82) is 0 Å². The molecule has 4 aromatic carbocycles. The first-order valence-electron chi connectivity index (χ1n) is 11.7. The number of nitrogens with zero attached hydrogens (tertiary/aromatic N) is 3. The number of aromatic nitrogens is 2. The molecule has 6 heteroatoms. The van der Waals surface area contributed by atoms with Crippen molar-refractivity contribution in [2.45, 2.75) is 18.6 Å². The molecule has 2 aliphatic rings. The molecule has 7 rings (SSSR count). The van der Waals surface area contributed by atoms with E-state index in [9.17, 15) is 0 Å². The quantitative estimate of drug-likeness (QED) is 0.222. The van der Waals surface area contributed by atoms with Crippen LogP contribution in [0.15, 0.2) is 89.9 Å². The number of hydrogen-bond acceptors (Lipinski definition) is 4. The first kappa shape index (κ1) is 22.8. The number of ether oxygens (including phenoxy) is 2. The molecule has 0 N–H and O–H groups in total. The van der Waals surface area contributed by atoms with Crippen LogP contribution in [0.3, 0.4) is 0 Å². The summed E-state index contributed by atoms with van der Waals surface area (Å²) in [6.45, 7) is 0. The van der Waals surface area contributed by atoms with E-state index in [-0.39, 0.29) is 33.2 Å². The summed E-state index contributed by atoms with van der Waals surface area (Å²) < 4.78 is 14.4. The summed E-state index contributed by atoms with van der Waals surface area (Å²) in [7, 11) is 2.01. The van der Waals surface area contributed by atoms with E-state index in [2.05, 4.69) is 47.0 Å². The molecule has 0 fully saturated rings. The predicted molar refractivity (Wildman–Crippen MR) is 135 cm³/mol. The number of aryl methyl sites for hydroxylation is 1. The fourth-order valence-electron chi connectivity index (χ4n) is 5.00. The van der Waals surface area contributed by atoms with Crippen molar-refractivity contribution in [3.63, 3.8) is 0 Å². The van der Waals surface area contributed by atoms with Crippen LogP contribution < -0.4 is 4.74 Å². The van der Waals surface area contributed by atoms with E-state index in [1.807, 2.05) is 61.6 Å². The predicted octanol–water partition coefficient (Wildman–Crippen LogP) is 6.07. The Morgan fingerprint density at radius 3 is 2.42 bits per heavy atom. The molecule has 5 aromatic rings. The maximum absolute atomic E-state index is 6.22. The van der Waals surface area contributed by atoms with Gasteiger partial charge in [-0.1, -0.05) is 54.1 Å². The molecule has 36 heavy (non-hydrogen) atoms. The van der Waals surface area contributed by atoms with Crippen LogP contribution in [0.1, 0.15) is 22.7 Å². The molecule has 0 unspecified atom stereocenters. The first-order valence-corrected chi connectivity index (χ1v) is 11.7. The summed E-state index contributed by atoms with van der Waals surface area (Å²) in [5.74, 6) is 2.65. The molecule has 0 saturated carbocycles. The zero-order chi connectivity index (χ0) is 23.4. The first-order chi connectivity index (χ1) is 17.2. The second-order valence-electron chi connectivity index (χ2n) is 8.88. The third kappa shape index (κ3) is 3.84. The van der Waals surface area contributed by atoms with E-state index in [1.165, 1.54) is 11.1 Å². The van der Waals surface area contributed by atoms with E-state index in [1.54, 1.807) is 0 Å². The Bertz CT molecular complexity index is 1620. The SMILES string of the molecule is Cn1c(-c2[c-]c(Oc3[c-]c(C4=N[C@@H]5c6ccccc6C[C@@H]5O4)ccc3)ccc2)nc2ccccc21.[Pt+2]. The van der Waals surface area contributed by atoms with Crippen LogP contribution in [0.4, 0.5) is 0 Å². The van der Waals surface area contributed by atoms with Crippen molar-refractivity contribution in [3.05, 3.63) is 114 Å². The molecule has 0 radical (unpaired) electrons. The van der Waals surface area contributed by atoms with Crippen LogP contribution in [0.5, 0.6) is 11.5 Å². The van der Waals surface area contributed by atoms with Gasteiger partial charge in [0.25, 0.3) is 0 Å². The summed E-state index contributed by atoms with van der Waals surface area (Å²) in [6.07, 6.45) is 0.937. The normalized spacial score (nSPS) is 17.6. The number of rotatable bonds is 4. The van der Waals surface area contributed by atoms with Gasteiger partial charge in [0.1, 0.15) is 18.0 Å². The van der Waals surface area contributed by atoms with Crippen LogP contribution in [0, 0.1) is 12.1 Å². The van der Waals surface area contributed by atoms with Gasteiger partial charge in [-0.3, -0.25) is 9.98 Å². The molecule has 0 bridgehead atoms. The van der Waals surface area contributed by atoms with Crippen molar-refractivity contribution in [2.24, 2.45) is 12.0 Å². The van der Waals surface area contributed by atoms with E-state index in [0.29, 0.717) is 17.4 Å². The Kier molecular flexibility index (Phi) is 5.73. The van der Waals surface area contributed by atoms with Crippen molar-refractivity contribution in [3.8, 4) is 22.9 Å². The van der Waals surface area contributed by atoms with Gasteiger partial charge in [-0.25, -0.2) is 0 Å². The molecule has 0 saturated heterocycles. The van der Waals surface area contributed by atoms with Gasteiger partial charge < -0.3 is 14.0 Å². The largest absolute Gasteiger partial charge is 2.00 e. The van der Waals surface area contributed by atoms with Crippen LogP contribution in [0.2, 0.25) is 0 Å². The second-order valence-corrected chi connectivity index (χ2v) is 8.88. The van der Waals surface area contributed by atoms with E-state index in [4.69, 9.17) is 19.5 Å². The molecule has 1 aliphatic carbocycles. The number of benzene rings is 4. The summed E-state index contributed by atoms with van der Waals surface area (Å²) in [4.78, 5) is 9.66. The number of fused-ring (bicyclic) bond motifs is 4. The topological polar surface area (TPSA) is 48.6 Å². The van der Waals surface area contributed by atoms with Gasteiger partial charge in [0.2, 0.25) is 0 Å². The van der Waals surface area contributed by atoms with Crippen LogP contribution in [-0.4, -0.2) is 21.6 Å². The van der Waals surface area contributed by atoms with E-state index < -0.39 is 0 Å². The van der Waals surface area contributed by atoms with Crippen LogP contribution in [0.25, 0.3) is 22.4 Å². The Labute approximate surface area is 223 Å². The standard InChI is InChI=1S/C30H21N3O2.Pt/c1-33-26-15-5-4-14-25(26)31-29(33)20-9-6-11-22(16-20)34-23-12-7-10-21(17-23)30-32-28-24-13-3-2-8-19(24)18-27(28)35-30;/h2-15,27-28H,18H2,1H3;/q-2;+2/t27-,28+;/m0./s1. The molecule has 2 heterocycles. The van der Waals surface area contributed by atoms with Gasteiger partial charge in [-0.05, 0) is 23.3 Å². The average Bonchev–Trinajstić information content (AvgIpc) is 3.56. The van der Waals surface area contributed by atoms with Gasteiger partial charge in [0.15, 0.2) is 0 Å². The molecular weight excluding hydrogens is 629 g/mol. The Hall–Kier alpha value is -3.69. The Morgan fingerprint density at radius 2 is 1.58 bits per heavy atom. The van der Waals surface area contributed by atoms with E-state index >= 15 is 0 Å². The summed E-state index contributed by atoms with van der Waals surface area (Å²) >= 11 is 0. The number of para-hydroxylation sites is 2. The minimum absolute atomic E-state index is 0. The monoisotopic (exact) mass is 650 g/mol. The molecule has 178 valence electrons. The van der Waals surface area contributed by atoms with Crippen LogP contribution in [-0.2, 0) is 39.3 Å². The third-order valence-electron chi connectivity index (χ3n) is 6.68. The van der Waals surface area contributed by atoms with Gasteiger partial charge >= 0.3 is 21.1 Å². The fourth-order valence-corrected chi connectivity index (χ4v) is 5.00. The molecule has 0 spiro atoms. The fraction of sp³-hybridized carbons (Fsp3) is 0.133. The van der Waals surface area contributed by atoms with Gasteiger partial charge in [-0.15, -0.1) is 42.0 Å². The smallest absolute Gasteiger partial charge is 0.514 e. The van der Waals surface area contributed by atoms with Crippen molar-refractivity contribution < 1.29 is 30.5 Å². The minimum Gasteiger partial charge on any atom is -0.514 e. The third-order valence-corrected chi connectivity index (χ3v) is 6.68. The maximum atomic E-state index is 6.22. The van der Waals surface area contributed by atoms with Crippen molar-refractivity contribution in [2.75, 3.05) is 0 Å². The second kappa shape index (κ2) is 9.07. The Morgan fingerprint density at radius 1 is 0.861 bits per heavy atom. The minimum atomic E-state index is 0. The maximum Gasteiger partial charge on any atom is 2.00 e. The van der Waals surface area contributed by atoms with Crippen molar-refractivity contribution in [1.82, 2.24) is 9.55 Å². The van der Waals surface area contributed by atoms with E-state index in [0.717, 1.165) is 34.4 Å². The van der Waals surface area contributed by atoms with Gasteiger partial charge in [0.05, 0.1) is 16.9 Å². The number of aliphatic imine (C=N–C) groups is 1. The summed E-state index contributed by atoms with van der Waals surface area (Å²) in [6, 6.07) is 34.9. The molecule has 0 amide bonds. The number of hydrogen-bond donors (Lipinski definition) is 0. The molecular formula is C30H21N3O2Pt. The molecule has 1 aliphatic heterocycles. The van der Waals surface area contributed by atoms with Gasteiger partial charge in [-0.2, -0.15) is 0 Å². The zero-order valence-electron chi connectivity index (χ0n) is 19.4. The Balaban J connectivity index is 0.00000240. The summed E-state index contributed by atoms with van der Waals surface area (Å²) in [5, 5.41) is 0. The average molecular weight is 651 g/mol.